The zero-order chi connectivity index (χ0) is 26.0. The van der Waals surface area contributed by atoms with E-state index in [1.54, 1.807) is 6.08 Å². The lowest BCUT2D eigenvalue weighted by Crippen LogP contribution is -2.05. The number of nitrogens with zero attached hydrogens (tertiary/aromatic N) is 2. The van der Waals surface area contributed by atoms with Gasteiger partial charge in [-0.05, 0) is 66.1 Å². The summed E-state index contributed by atoms with van der Waals surface area (Å²) in [6.45, 7) is 4.08. The minimum Gasteiger partial charge on any atom is -0.434 e. The van der Waals surface area contributed by atoms with E-state index in [0.29, 0.717) is 33.9 Å². The van der Waals surface area contributed by atoms with Gasteiger partial charge in [0.1, 0.15) is 0 Å². The van der Waals surface area contributed by atoms with Gasteiger partial charge in [-0.15, -0.1) is 0 Å². The molecule has 0 spiro atoms. The normalized spacial score (nSPS) is 13.1. The first kappa shape index (κ1) is 22.2. The molecular formula is C33H22N2O3. The fourth-order valence-corrected chi connectivity index (χ4v) is 5.39. The predicted molar refractivity (Wildman–Crippen MR) is 149 cm³/mol. The Morgan fingerprint density at radius 2 is 1.34 bits per heavy atom. The first-order valence-corrected chi connectivity index (χ1v) is 12.5. The van der Waals surface area contributed by atoms with Crippen molar-refractivity contribution in [3.8, 4) is 17.1 Å². The van der Waals surface area contributed by atoms with E-state index in [4.69, 9.17) is 9.40 Å². The van der Waals surface area contributed by atoms with Crippen molar-refractivity contribution in [3.63, 3.8) is 0 Å². The number of allylic oxidation sites excluding steroid dienone is 1. The first-order valence-electron chi connectivity index (χ1n) is 12.5. The molecule has 0 atom stereocenters. The van der Waals surface area contributed by atoms with Crippen LogP contribution < -0.4 is 0 Å². The smallest absolute Gasteiger partial charge is 0.228 e. The number of aromatic nitrogens is 2. The monoisotopic (exact) mass is 494 g/mol. The summed E-state index contributed by atoms with van der Waals surface area (Å²) in [6.07, 6.45) is 1.68. The van der Waals surface area contributed by atoms with E-state index in [0.717, 1.165) is 33.2 Å². The number of benzene rings is 4. The van der Waals surface area contributed by atoms with Gasteiger partial charge in [-0.1, -0.05) is 60.7 Å². The van der Waals surface area contributed by atoms with Gasteiger partial charge < -0.3 is 4.42 Å². The van der Waals surface area contributed by atoms with Crippen molar-refractivity contribution in [2.24, 2.45) is 0 Å². The Morgan fingerprint density at radius 1 is 0.737 bits per heavy atom. The third kappa shape index (κ3) is 3.29. The number of hydrogen-bond donors (Lipinski definition) is 0. The Bertz CT molecular complexity index is 1900. The number of carbonyl (C=O) groups is 2. The van der Waals surface area contributed by atoms with E-state index in [9.17, 15) is 9.59 Å². The van der Waals surface area contributed by atoms with Crippen LogP contribution in [0.5, 0.6) is 0 Å². The molecular weight excluding hydrogens is 472 g/mol. The van der Waals surface area contributed by atoms with Gasteiger partial charge in [-0.25, -0.2) is 0 Å². The summed E-state index contributed by atoms with van der Waals surface area (Å²) in [4.78, 5) is 31.8. The third-order valence-corrected chi connectivity index (χ3v) is 7.22. The van der Waals surface area contributed by atoms with E-state index < -0.39 is 0 Å². The molecule has 2 heterocycles. The number of hydrogen-bond acceptors (Lipinski definition) is 4. The maximum atomic E-state index is 13.5. The Hall–Kier alpha value is -5.03. The van der Waals surface area contributed by atoms with Crippen molar-refractivity contribution >= 4 is 39.6 Å². The maximum absolute atomic E-state index is 13.5. The Labute approximate surface area is 218 Å². The molecule has 0 radical (unpaired) electrons. The van der Waals surface area contributed by atoms with Gasteiger partial charge in [0.05, 0.1) is 17.0 Å². The highest BCUT2D eigenvalue weighted by atomic mass is 16.3. The number of para-hydroxylation sites is 1. The predicted octanol–water partition coefficient (Wildman–Crippen LogP) is 7.52. The van der Waals surface area contributed by atoms with Gasteiger partial charge in [-0.2, -0.15) is 4.98 Å². The van der Waals surface area contributed by atoms with Gasteiger partial charge in [0, 0.05) is 22.8 Å². The maximum Gasteiger partial charge on any atom is 0.228 e. The van der Waals surface area contributed by atoms with Gasteiger partial charge in [0.2, 0.25) is 5.89 Å². The summed E-state index contributed by atoms with van der Waals surface area (Å²) < 4.78 is 8.17. The van der Waals surface area contributed by atoms with Crippen molar-refractivity contribution in [3.05, 3.63) is 125 Å². The number of oxazole rings is 1. The van der Waals surface area contributed by atoms with Crippen LogP contribution in [-0.2, 0) is 0 Å². The molecule has 1 aliphatic carbocycles. The van der Waals surface area contributed by atoms with Crippen molar-refractivity contribution in [2.45, 2.75) is 13.8 Å². The second kappa shape index (κ2) is 8.25. The number of ketones is 2. The lowest BCUT2D eigenvalue weighted by atomic mass is 10.0. The van der Waals surface area contributed by atoms with Crippen LogP contribution in [0.2, 0.25) is 0 Å². The Morgan fingerprint density at radius 3 is 1.97 bits per heavy atom. The molecule has 5 heteroatoms. The molecule has 0 amide bonds. The lowest BCUT2D eigenvalue weighted by molar-refractivity contribution is 0.0990. The van der Waals surface area contributed by atoms with Crippen LogP contribution in [0.1, 0.15) is 37.5 Å². The Balaban J connectivity index is 1.44. The largest absolute Gasteiger partial charge is 0.434 e. The molecule has 0 aliphatic heterocycles. The van der Waals surface area contributed by atoms with Gasteiger partial charge >= 0.3 is 0 Å². The fourth-order valence-electron chi connectivity index (χ4n) is 5.39. The molecule has 0 unspecified atom stereocenters. The number of carbonyl (C=O) groups excluding carboxylic acids is 2. The van der Waals surface area contributed by atoms with E-state index in [2.05, 4.69) is 0 Å². The molecule has 1 aliphatic rings. The van der Waals surface area contributed by atoms with Crippen molar-refractivity contribution in [1.82, 2.24) is 9.55 Å². The molecule has 0 fully saturated rings. The van der Waals surface area contributed by atoms with E-state index in [1.807, 2.05) is 109 Å². The Kier molecular flexibility index (Phi) is 4.82. The number of Topliss-reactive ketones (excluding diaryl/α,β-unsaturated/α-hetero) is 2. The summed E-state index contributed by atoms with van der Waals surface area (Å²) in [5, 5.41) is 1.87. The molecule has 4 aromatic carbocycles. The number of rotatable bonds is 3. The van der Waals surface area contributed by atoms with Gasteiger partial charge in [0.25, 0.3) is 0 Å². The highest BCUT2D eigenvalue weighted by Gasteiger charge is 2.34. The molecule has 2 aromatic heterocycles. The minimum atomic E-state index is -0.264. The van der Waals surface area contributed by atoms with E-state index in [1.165, 1.54) is 0 Å². The van der Waals surface area contributed by atoms with Crippen LogP contribution in [0.3, 0.4) is 0 Å². The zero-order valence-electron chi connectivity index (χ0n) is 20.9. The molecule has 0 bridgehead atoms. The molecule has 0 saturated heterocycles. The highest BCUT2D eigenvalue weighted by molar-refractivity contribution is 6.42. The van der Waals surface area contributed by atoms with Crippen LogP contribution in [0.15, 0.2) is 101 Å². The van der Waals surface area contributed by atoms with E-state index in [-0.39, 0.29) is 17.1 Å². The molecule has 182 valence electrons. The average molecular weight is 495 g/mol. The minimum absolute atomic E-state index is 0.145. The average Bonchev–Trinajstić information content (AvgIpc) is 3.55. The van der Waals surface area contributed by atoms with Crippen LogP contribution >= 0.6 is 0 Å². The van der Waals surface area contributed by atoms with Crippen LogP contribution in [0.4, 0.5) is 0 Å². The number of fused-ring (bicyclic) bond motifs is 3. The zero-order valence-corrected chi connectivity index (χ0v) is 20.9. The summed E-state index contributed by atoms with van der Waals surface area (Å²) in [5.41, 5.74) is 6.83. The highest BCUT2D eigenvalue weighted by Crippen LogP contribution is 2.35. The molecule has 0 saturated carbocycles. The second-order valence-corrected chi connectivity index (χ2v) is 9.68. The van der Waals surface area contributed by atoms with Gasteiger partial charge in [-0.3, -0.25) is 14.2 Å². The molecule has 6 aromatic rings. The third-order valence-electron chi connectivity index (χ3n) is 7.22. The van der Waals surface area contributed by atoms with E-state index >= 15 is 0 Å². The molecule has 7 rings (SSSR count). The first-order chi connectivity index (χ1) is 18.5. The SMILES string of the molecule is Cc1cccc(C)c1-n1c(C=C2C(=O)c3cc4ccccc4cc3C2=O)cc2oc(-c3ccccc3)nc21. The molecule has 0 N–H and O–H groups in total. The summed E-state index contributed by atoms with van der Waals surface area (Å²) in [5.74, 6) is -0.0129. The fraction of sp³-hybridized carbons (Fsp3) is 0.0606. The quantitative estimate of drug-likeness (QED) is 0.189. The second-order valence-electron chi connectivity index (χ2n) is 9.68. The summed E-state index contributed by atoms with van der Waals surface area (Å²) in [7, 11) is 0. The van der Waals surface area contributed by atoms with Crippen molar-refractivity contribution in [1.29, 1.82) is 0 Å². The molecule has 38 heavy (non-hydrogen) atoms. The summed E-state index contributed by atoms with van der Waals surface area (Å²) in [6, 6.07) is 29.1. The van der Waals surface area contributed by atoms with Crippen LogP contribution in [-0.4, -0.2) is 21.1 Å². The van der Waals surface area contributed by atoms with Crippen LogP contribution in [0.25, 0.3) is 45.2 Å². The number of aryl methyl sites for hydroxylation is 2. The standard InChI is InChI=1S/C33H22N2O3/c1-19-9-8-10-20(2)29(19)35-24(18-28-32(35)34-33(38-28)21-11-4-3-5-12-21)17-27-30(36)25-15-22-13-6-7-14-23(22)16-26(25)31(27)37/h3-18H,1-2H3. The van der Waals surface area contributed by atoms with Crippen LogP contribution in [0, 0.1) is 13.8 Å². The van der Waals surface area contributed by atoms with Crippen molar-refractivity contribution in [2.75, 3.05) is 0 Å². The summed E-state index contributed by atoms with van der Waals surface area (Å²) >= 11 is 0. The topological polar surface area (TPSA) is 65.1 Å². The molecule has 5 nitrogen and oxygen atoms in total. The van der Waals surface area contributed by atoms with Crippen molar-refractivity contribution < 1.29 is 14.0 Å². The lowest BCUT2D eigenvalue weighted by Gasteiger charge is -2.14. The van der Waals surface area contributed by atoms with Gasteiger partial charge in [0.15, 0.2) is 22.8 Å².